The van der Waals surface area contributed by atoms with Crippen LogP contribution >= 0.6 is 0 Å². The summed E-state index contributed by atoms with van der Waals surface area (Å²) in [6.07, 6.45) is 1.35. The van der Waals surface area contributed by atoms with Crippen molar-refractivity contribution in [3.05, 3.63) is 11.9 Å². The minimum atomic E-state index is -0.283. The summed E-state index contributed by atoms with van der Waals surface area (Å²) in [6, 6.07) is 0. The lowest BCUT2D eigenvalue weighted by molar-refractivity contribution is 0.0937. The molecule has 0 aliphatic rings. The minimum Gasteiger partial charge on any atom is -0.396 e. The van der Waals surface area contributed by atoms with Gasteiger partial charge in [-0.3, -0.25) is 4.79 Å². The van der Waals surface area contributed by atoms with Crippen molar-refractivity contribution in [3.8, 4) is 0 Å². The number of aromatic amines is 1. The first-order valence-corrected chi connectivity index (χ1v) is 3.99. The maximum atomic E-state index is 11.2. The summed E-state index contributed by atoms with van der Waals surface area (Å²) in [5.74, 6) is -0.232. The van der Waals surface area contributed by atoms with E-state index in [1.807, 2.05) is 6.92 Å². The number of carbonyl (C=O) groups excluding carboxylic acids is 1. The van der Waals surface area contributed by atoms with Gasteiger partial charge in [-0.25, -0.2) is 0 Å². The van der Waals surface area contributed by atoms with Crippen LogP contribution in [-0.4, -0.2) is 39.6 Å². The number of amides is 1. The number of H-pyrrole nitrogens is 1. The largest absolute Gasteiger partial charge is 0.396 e. The van der Waals surface area contributed by atoms with Gasteiger partial charge in [0.25, 0.3) is 5.91 Å². The van der Waals surface area contributed by atoms with Gasteiger partial charge in [0.1, 0.15) is 0 Å². The van der Waals surface area contributed by atoms with Gasteiger partial charge in [-0.15, -0.1) is 0 Å². The average molecular weight is 184 g/mol. The molecule has 0 radical (unpaired) electrons. The van der Waals surface area contributed by atoms with E-state index in [0.29, 0.717) is 6.54 Å². The summed E-state index contributed by atoms with van der Waals surface area (Å²) < 4.78 is 0. The van der Waals surface area contributed by atoms with Crippen molar-refractivity contribution in [1.82, 2.24) is 20.7 Å². The maximum Gasteiger partial charge on any atom is 0.273 e. The van der Waals surface area contributed by atoms with Crippen molar-refractivity contribution in [2.24, 2.45) is 5.92 Å². The molecule has 1 atom stereocenters. The Morgan fingerprint density at radius 1 is 1.85 bits per heavy atom. The van der Waals surface area contributed by atoms with E-state index in [0.717, 1.165) is 0 Å². The molecular weight excluding hydrogens is 172 g/mol. The molecule has 0 aromatic carbocycles. The van der Waals surface area contributed by atoms with Gasteiger partial charge in [-0.1, -0.05) is 6.92 Å². The molecule has 6 heteroatoms. The van der Waals surface area contributed by atoms with E-state index < -0.39 is 0 Å². The molecule has 1 rings (SSSR count). The first-order valence-electron chi connectivity index (χ1n) is 3.99. The van der Waals surface area contributed by atoms with Gasteiger partial charge >= 0.3 is 0 Å². The van der Waals surface area contributed by atoms with E-state index in [9.17, 15) is 4.79 Å². The number of aliphatic hydroxyl groups excluding tert-OH is 1. The molecule has 0 fully saturated rings. The lowest BCUT2D eigenvalue weighted by Gasteiger charge is -2.07. The van der Waals surface area contributed by atoms with E-state index in [-0.39, 0.29) is 24.1 Å². The number of nitrogens with one attached hydrogen (secondary N) is 2. The van der Waals surface area contributed by atoms with Crippen LogP contribution < -0.4 is 5.32 Å². The van der Waals surface area contributed by atoms with E-state index in [4.69, 9.17) is 5.11 Å². The summed E-state index contributed by atoms with van der Waals surface area (Å²) in [4.78, 5) is 11.2. The quantitative estimate of drug-likeness (QED) is 0.569. The smallest absolute Gasteiger partial charge is 0.273 e. The topological polar surface area (TPSA) is 90.9 Å². The Hall–Kier alpha value is -1.43. The molecule has 1 heterocycles. The van der Waals surface area contributed by atoms with Gasteiger partial charge in [0, 0.05) is 13.2 Å². The summed E-state index contributed by atoms with van der Waals surface area (Å²) in [5.41, 5.74) is 0.255. The van der Waals surface area contributed by atoms with Crippen molar-refractivity contribution < 1.29 is 9.90 Å². The van der Waals surface area contributed by atoms with Crippen LogP contribution in [0.15, 0.2) is 6.20 Å². The molecule has 0 spiro atoms. The fourth-order valence-corrected chi connectivity index (χ4v) is 0.733. The van der Waals surface area contributed by atoms with E-state index >= 15 is 0 Å². The molecule has 1 unspecified atom stereocenters. The van der Waals surface area contributed by atoms with E-state index in [2.05, 4.69) is 20.7 Å². The van der Waals surface area contributed by atoms with Crippen LogP contribution in [-0.2, 0) is 0 Å². The zero-order valence-corrected chi connectivity index (χ0v) is 7.32. The fraction of sp³-hybridized carbons (Fsp3) is 0.571. The molecule has 0 bridgehead atoms. The minimum absolute atomic E-state index is 0.0517. The van der Waals surface area contributed by atoms with Crippen LogP contribution in [0, 0.1) is 5.92 Å². The first kappa shape index (κ1) is 9.66. The monoisotopic (exact) mass is 184 g/mol. The highest BCUT2D eigenvalue weighted by Gasteiger charge is 2.08. The number of carbonyl (C=O) groups is 1. The molecule has 0 saturated heterocycles. The van der Waals surface area contributed by atoms with Gasteiger partial charge in [-0.05, 0) is 5.92 Å². The van der Waals surface area contributed by atoms with E-state index in [1.165, 1.54) is 6.20 Å². The molecule has 72 valence electrons. The number of rotatable bonds is 4. The maximum absolute atomic E-state index is 11.2. The number of hydrogen-bond acceptors (Lipinski definition) is 4. The molecule has 3 N–H and O–H groups in total. The van der Waals surface area contributed by atoms with Crippen LogP contribution in [0.3, 0.4) is 0 Å². The summed E-state index contributed by atoms with van der Waals surface area (Å²) in [7, 11) is 0. The van der Waals surface area contributed by atoms with Gasteiger partial charge < -0.3 is 10.4 Å². The van der Waals surface area contributed by atoms with Crippen LogP contribution in [0.4, 0.5) is 0 Å². The Balaban J connectivity index is 2.35. The third-order valence-corrected chi connectivity index (χ3v) is 1.57. The SMILES string of the molecule is CC(CO)CNC(=O)c1cn[nH]n1. The highest BCUT2D eigenvalue weighted by atomic mass is 16.3. The number of aliphatic hydroxyl groups is 1. The Labute approximate surface area is 75.3 Å². The Morgan fingerprint density at radius 3 is 3.15 bits per heavy atom. The molecule has 1 aromatic rings. The lowest BCUT2D eigenvalue weighted by Crippen LogP contribution is -2.29. The standard InChI is InChI=1S/C7H12N4O2/c1-5(4-12)2-8-7(13)6-3-9-11-10-6/h3,5,12H,2,4H2,1H3,(H,8,13)(H,9,10,11). The van der Waals surface area contributed by atoms with E-state index in [1.54, 1.807) is 0 Å². The highest BCUT2D eigenvalue weighted by Crippen LogP contribution is 1.92. The second kappa shape index (κ2) is 4.56. The van der Waals surface area contributed by atoms with Gasteiger partial charge in [-0.2, -0.15) is 15.4 Å². The molecule has 0 aliphatic heterocycles. The second-order valence-corrected chi connectivity index (χ2v) is 2.85. The van der Waals surface area contributed by atoms with Crippen LogP contribution in [0.5, 0.6) is 0 Å². The van der Waals surface area contributed by atoms with Crippen molar-refractivity contribution in [2.75, 3.05) is 13.2 Å². The third-order valence-electron chi connectivity index (χ3n) is 1.57. The molecular formula is C7H12N4O2. The molecule has 6 nitrogen and oxygen atoms in total. The summed E-state index contributed by atoms with van der Waals surface area (Å²) in [5, 5.41) is 20.8. The zero-order valence-electron chi connectivity index (χ0n) is 7.32. The summed E-state index contributed by atoms with van der Waals surface area (Å²) in [6.45, 7) is 2.32. The predicted molar refractivity (Wildman–Crippen MR) is 45.0 cm³/mol. The number of aromatic nitrogens is 3. The molecule has 13 heavy (non-hydrogen) atoms. The zero-order chi connectivity index (χ0) is 9.68. The second-order valence-electron chi connectivity index (χ2n) is 2.85. The lowest BCUT2D eigenvalue weighted by atomic mass is 10.2. The van der Waals surface area contributed by atoms with Crippen molar-refractivity contribution in [2.45, 2.75) is 6.92 Å². The first-order chi connectivity index (χ1) is 6.24. The predicted octanol–water partition coefficient (Wildman–Crippen LogP) is -0.837. The van der Waals surface area contributed by atoms with Gasteiger partial charge in [0.2, 0.25) is 0 Å². The van der Waals surface area contributed by atoms with Crippen LogP contribution in [0.25, 0.3) is 0 Å². The molecule has 1 aromatic heterocycles. The van der Waals surface area contributed by atoms with Crippen molar-refractivity contribution in [3.63, 3.8) is 0 Å². The van der Waals surface area contributed by atoms with Crippen LogP contribution in [0.2, 0.25) is 0 Å². The van der Waals surface area contributed by atoms with Gasteiger partial charge in [0.05, 0.1) is 6.20 Å². The number of hydrogen-bond donors (Lipinski definition) is 3. The Bertz CT molecular complexity index is 259. The Morgan fingerprint density at radius 2 is 2.62 bits per heavy atom. The van der Waals surface area contributed by atoms with Crippen molar-refractivity contribution >= 4 is 5.91 Å². The average Bonchev–Trinajstić information content (AvgIpc) is 2.66. The normalized spacial score (nSPS) is 12.5. The fourth-order valence-electron chi connectivity index (χ4n) is 0.733. The highest BCUT2D eigenvalue weighted by molar-refractivity contribution is 5.91. The van der Waals surface area contributed by atoms with Gasteiger partial charge in [0.15, 0.2) is 5.69 Å². The molecule has 0 aliphatic carbocycles. The number of nitrogens with zero attached hydrogens (tertiary/aromatic N) is 2. The third kappa shape index (κ3) is 2.83. The molecule has 0 saturated carbocycles. The van der Waals surface area contributed by atoms with Crippen LogP contribution in [0.1, 0.15) is 17.4 Å². The molecule has 1 amide bonds. The van der Waals surface area contributed by atoms with Crippen molar-refractivity contribution in [1.29, 1.82) is 0 Å². The summed E-state index contributed by atoms with van der Waals surface area (Å²) >= 11 is 0. The Kier molecular flexibility index (Phi) is 3.39.